The van der Waals surface area contributed by atoms with E-state index in [4.69, 9.17) is 0 Å². The lowest BCUT2D eigenvalue weighted by Crippen LogP contribution is -2.04. The van der Waals surface area contributed by atoms with Crippen molar-refractivity contribution in [1.29, 1.82) is 0 Å². The maximum atomic E-state index is 3.72. The molecule has 0 aliphatic rings. The van der Waals surface area contributed by atoms with E-state index < -0.39 is 0 Å². The molecule has 0 heterocycles. The fraction of sp³-hybridized carbons (Fsp3) is 0.625. The van der Waals surface area contributed by atoms with Crippen molar-refractivity contribution in [3.8, 4) is 0 Å². The summed E-state index contributed by atoms with van der Waals surface area (Å²) >= 11 is 0. The van der Waals surface area contributed by atoms with Gasteiger partial charge in [-0.2, -0.15) is 0 Å². The molecule has 1 N–H and O–H groups in total. The Balaban J connectivity index is 2.86. The standard InChI is InChI=1S/C8H16N/c1-3-5-6-8-9-7-4-2/h6,8-9H,1,3-5,7H2,2H3/b8-6+. The van der Waals surface area contributed by atoms with Crippen LogP contribution in [0.2, 0.25) is 0 Å². The number of unbranched alkanes of at least 4 members (excludes halogenated alkanes) is 1. The van der Waals surface area contributed by atoms with Crippen molar-refractivity contribution >= 4 is 0 Å². The van der Waals surface area contributed by atoms with Gasteiger partial charge in [0.2, 0.25) is 0 Å². The molecule has 1 nitrogen and oxygen atoms in total. The zero-order valence-electron chi connectivity index (χ0n) is 6.19. The molecule has 0 aromatic heterocycles. The molecule has 1 radical (unpaired) electrons. The summed E-state index contributed by atoms with van der Waals surface area (Å²) in [6, 6.07) is 0. The Hall–Kier alpha value is -0.460. The number of rotatable bonds is 5. The van der Waals surface area contributed by atoms with Gasteiger partial charge in [0.1, 0.15) is 0 Å². The highest BCUT2D eigenvalue weighted by molar-refractivity contribution is 4.78. The second-order valence-electron chi connectivity index (χ2n) is 2.00. The fourth-order valence-electron chi connectivity index (χ4n) is 0.512. The maximum Gasteiger partial charge on any atom is 0.0138 e. The average molecular weight is 126 g/mol. The summed E-state index contributed by atoms with van der Waals surface area (Å²) in [5.41, 5.74) is 0. The van der Waals surface area contributed by atoms with E-state index in [1.165, 1.54) is 6.42 Å². The molecule has 0 atom stereocenters. The van der Waals surface area contributed by atoms with Crippen molar-refractivity contribution in [3.05, 3.63) is 19.2 Å². The van der Waals surface area contributed by atoms with Gasteiger partial charge in [0.25, 0.3) is 0 Å². The van der Waals surface area contributed by atoms with E-state index in [-0.39, 0.29) is 0 Å². The van der Waals surface area contributed by atoms with E-state index in [2.05, 4.69) is 25.2 Å². The molecule has 0 rings (SSSR count). The molecule has 0 saturated carbocycles. The lowest BCUT2D eigenvalue weighted by Gasteiger charge is -1.93. The molecule has 0 fully saturated rings. The molecule has 0 aliphatic heterocycles. The van der Waals surface area contributed by atoms with Crippen LogP contribution in [0.15, 0.2) is 12.3 Å². The van der Waals surface area contributed by atoms with Gasteiger partial charge in [0, 0.05) is 6.54 Å². The molecular weight excluding hydrogens is 110 g/mol. The van der Waals surface area contributed by atoms with E-state index in [0.717, 1.165) is 19.4 Å². The van der Waals surface area contributed by atoms with Crippen LogP contribution < -0.4 is 5.32 Å². The van der Waals surface area contributed by atoms with Crippen molar-refractivity contribution in [3.63, 3.8) is 0 Å². The first-order chi connectivity index (χ1) is 4.41. The normalized spacial score (nSPS) is 10.4. The summed E-state index contributed by atoms with van der Waals surface area (Å²) < 4.78 is 0. The molecule has 0 amide bonds. The van der Waals surface area contributed by atoms with Crippen molar-refractivity contribution in [1.82, 2.24) is 5.32 Å². The van der Waals surface area contributed by atoms with E-state index in [1.54, 1.807) is 0 Å². The van der Waals surface area contributed by atoms with Crippen LogP contribution in [0.25, 0.3) is 0 Å². The van der Waals surface area contributed by atoms with Crippen LogP contribution >= 0.6 is 0 Å². The van der Waals surface area contributed by atoms with Crippen LogP contribution in [-0.4, -0.2) is 6.54 Å². The second-order valence-corrected chi connectivity index (χ2v) is 2.00. The smallest absolute Gasteiger partial charge is 0.0138 e. The molecule has 0 aliphatic carbocycles. The van der Waals surface area contributed by atoms with Crippen molar-refractivity contribution in [2.45, 2.75) is 26.2 Å². The minimum atomic E-state index is 0.990. The first-order valence-electron chi connectivity index (χ1n) is 3.59. The highest BCUT2D eigenvalue weighted by Gasteiger charge is 1.73. The Bertz CT molecular complexity index is 67.0. The second kappa shape index (κ2) is 7.54. The van der Waals surface area contributed by atoms with Crippen molar-refractivity contribution in [2.75, 3.05) is 6.54 Å². The lowest BCUT2D eigenvalue weighted by atomic mass is 10.3. The van der Waals surface area contributed by atoms with Crippen molar-refractivity contribution < 1.29 is 0 Å². The molecule has 9 heavy (non-hydrogen) atoms. The summed E-state index contributed by atoms with van der Waals surface area (Å²) in [5, 5.41) is 3.16. The Morgan fingerprint density at radius 2 is 2.33 bits per heavy atom. The van der Waals surface area contributed by atoms with Crippen LogP contribution in [-0.2, 0) is 0 Å². The van der Waals surface area contributed by atoms with Crippen LogP contribution in [0.4, 0.5) is 0 Å². The summed E-state index contributed by atoms with van der Waals surface area (Å²) in [7, 11) is 0. The number of hydrogen-bond donors (Lipinski definition) is 1. The topological polar surface area (TPSA) is 12.0 Å². The maximum absolute atomic E-state index is 3.72. The van der Waals surface area contributed by atoms with Gasteiger partial charge >= 0.3 is 0 Å². The zero-order chi connectivity index (χ0) is 6.95. The van der Waals surface area contributed by atoms with Gasteiger partial charge in [0.05, 0.1) is 0 Å². The van der Waals surface area contributed by atoms with E-state index in [0.29, 0.717) is 0 Å². The van der Waals surface area contributed by atoms with Gasteiger partial charge in [0.15, 0.2) is 0 Å². The van der Waals surface area contributed by atoms with Crippen LogP contribution in [0, 0.1) is 6.92 Å². The van der Waals surface area contributed by atoms with Crippen LogP contribution in [0.1, 0.15) is 26.2 Å². The Kier molecular flexibility index (Phi) is 7.15. The van der Waals surface area contributed by atoms with E-state index in [1.807, 2.05) is 6.20 Å². The largest absolute Gasteiger partial charge is 0.391 e. The SMILES string of the molecule is [CH2]CC/C=C/NCCC. The molecule has 0 aromatic carbocycles. The molecule has 1 heteroatoms. The van der Waals surface area contributed by atoms with Gasteiger partial charge in [-0.15, -0.1) is 0 Å². The Morgan fingerprint density at radius 1 is 1.56 bits per heavy atom. The van der Waals surface area contributed by atoms with Crippen molar-refractivity contribution in [2.24, 2.45) is 0 Å². The molecule has 0 spiro atoms. The first kappa shape index (κ1) is 8.54. The molecular formula is C8H16N. The first-order valence-corrected chi connectivity index (χ1v) is 3.59. The van der Waals surface area contributed by atoms with Gasteiger partial charge in [-0.25, -0.2) is 0 Å². The van der Waals surface area contributed by atoms with E-state index in [9.17, 15) is 0 Å². The predicted molar refractivity (Wildman–Crippen MR) is 42.0 cm³/mol. The third-order valence-electron chi connectivity index (χ3n) is 1.00. The zero-order valence-corrected chi connectivity index (χ0v) is 6.19. The van der Waals surface area contributed by atoms with Gasteiger partial charge in [-0.1, -0.05) is 19.9 Å². The Labute approximate surface area is 58.2 Å². The molecule has 0 saturated heterocycles. The minimum absolute atomic E-state index is 0.990. The molecule has 0 aromatic rings. The number of nitrogens with one attached hydrogen (secondary N) is 1. The summed E-state index contributed by atoms with van der Waals surface area (Å²) in [6.07, 6.45) is 7.38. The quantitative estimate of drug-likeness (QED) is 0.556. The predicted octanol–water partition coefficient (Wildman–Crippen LogP) is 2.11. The lowest BCUT2D eigenvalue weighted by molar-refractivity contribution is 0.804. The summed E-state index contributed by atoms with van der Waals surface area (Å²) in [5.74, 6) is 0. The van der Waals surface area contributed by atoms with E-state index >= 15 is 0 Å². The Morgan fingerprint density at radius 3 is 2.89 bits per heavy atom. The summed E-state index contributed by atoms with van der Waals surface area (Å²) in [4.78, 5) is 0. The number of allylic oxidation sites excluding steroid dienone is 1. The number of hydrogen-bond acceptors (Lipinski definition) is 1. The molecule has 0 unspecified atom stereocenters. The summed E-state index contributed by atoms with van der Waals surface area (Å²) in [6.45, 7) is 6.96. The average Bonchev–Trinajstić information content (AvgIpc) is 1.89. The van der Waals surface area contributed by atoms with Gasteiger partial charge in [-0.05, 0) is 25.5 Å². The molecule has 53 valence electrons. The highest BCUT2D eigenvalue weighted by atomic mass is 14.8. The highest BCUT2D eigenvalue weighted by Crippen LogP contribution is 1.85. The fourth-order valence-corrected chi connectivity index (χ4v) is 0.512. The molecule has 0 bridgehead atoms. The third kappa shape index (κ3) is 7.54. The minimum Gasteiger partial charge on any atom is -0.391 e. The van der Waals surface area contributed by atoms with Crippen LogP contribution in [0.3, 0.4) is 0 Å². The van der Waals surface area contributed by atoms with Gasteiger partial charge < -0.3 is 5.32 Å². The third-order valence-corrected chi connectivity index (χ3v) is 1.00. The van der Waals surface area contributed by atoms with Crippen LogP contribution in [0.5, 0.6) is 0 Å². The van der Waals surface area contributed by atoms with Gasteiger partial charge in [-0.3, -0.25) is 0 Å². The monoisotopic (exact) mass is 126 g/mol.